The summed E-state index contributed by atoms with van der Waals surface area (Å²) >= 11 is 13.6. The maximum Gasteiger partial charge on any atom is 0.293 e. The molecule has 10 heteroatoms. The number of hydrogen-bond donors (Lipinski definition) is 0. The lowest BCUT2D eigenvalue weighted by atomic mass is 10.1. The number of nitrogens with zero attached hydrogens (tertiary/aromatic N) is 3. The van der Waals surface area contributed by atoms with E-state index in [1.54, 1.807) is 36.4 Å². The van der Waals surface area contributed by atoms with E-state index in [9.17, 15) is 19.7 Å². The van der Waals surface area contributed by atoms with Crippen LogP contribution in [0.2, 0.25) is 10.0 Å². The number of imide groups is 1. The predicted molar refractivity (Wildman–Crippen MR) is 142 cm³/mol. The Labute approximate surface area is 220 Å². The number of aromatic nitrogens is 1. The number of rotatable bonds is 6. The fourth-order valence-electron chi connectivity index (χ4n) is 4.06. The van der Waals surface area contributed by atoms with Crippen LogP contribution in [0.1, 0.15) is 16.7 Å². The van der Waals surface area contributed by atoms with Crippen molar-refractivity contribution in [1.29, 1.82) is 0 Å². The van der Waals surface area contributed by atoms with Crippen molar-refractivity contribution in [1.82, 2.24) is 9.47 Å². The molecule has 0 bridgehead atoms. The van der Waals surface area contributed by atoms with Gasteiger partial charge in [0, 0.05) is 50.4 Å². The van der Waals surface area contributed by atoms with Gasteiger partial charge in [-0.2, -0.15) is 0 Å². The molecule has 0 atom stereocenters. The van der Waals surface area contributed by atoms with Gasteiger partial charge in [0.15, 0.2) is 0 Å². The maximum absolute atomic E-state index is 13.1. The van der Waals surface area contributed by atoms with Gasteiger partial charge in [-0.1, -0.05) is 59.6 Å². The summed E-state index contributed by atoms with van der Waals surface area (Å²) in [6, 6.07) is 18.9. The Kier molecular flexibility index (Phi) is 6.57. The number of halogens is 2. The molecule has 180 valence electrons. The molecule has 2 heterocycles. The van der Waals surface area contributed by atoms with E-state index in [4.69, 9.17) is 23.2 Å². The summed E-state index contributed by atoms with van der Waals surface area (Å²) < 4.78 is 2.01. The first kappa shape index (κ1) is 24.1. The van der Waals surface area contributed by atoms with Crippen LogP contribution in [-0.2, 0) is 17.9 Å². The van der Waals surface area contributed by atoms with Gasteiger partial charge in [0.2, 0.25) is 0 Å². The topological polar surface area (TPSA) is 85.5 Å². The Hall–Kier alpha value is -3.59. The Bertz CT molecular complexity index is 1540. The van der Waals surface area contributed by atoms with E-state index in [0.717, 1.165) is 38.7 Å². The third kappa shape index (κ3) is 4.63. The van der Waals surface area contributed by atoms with Crippen LogP contribution in [0.4, 0.5) is 10.5 Å². The van der Waals surface area contributed by atoms with E-state index in [2.05, 4.69) is 0 Å². The summed E-state index contributed by atoms with van der Waals surface area (Å²) in [7, 11) is 0. The number of nitro benzene ring substituents is 1. The van der Waals surface area contributed by atoms with Crippen molar-refractivity contribution in [2.75, 3.05) is 0 Å². The normalized spacial score (nSPS) is 14.8. The summed E-state index contributed by atoms with van der Waals surface area (Å²) in [5, 5.41) is 12.5. The van der Waals surface area contributed by atoms with Crippen molar-refractivity contribution in [2.45, 2.75) is 13.1 Å². The maximum atomic E-state index is 13.1. The number of carbonyl (C=O) groups excluding carboxylic acids is 2. The fourth-order valence-corrected chi connectivity index (χ4v) is 5.40. The smallest absolute Gasteiger partial charge is 0.293 e. The van der Waals surface area contributed by atoms with E-state index in [1.807, 2.05) is 35.0 Å². The first-order valence-electron chi connectivity index (χ1n) is 10.8. The zero-order valence-electron chi connectivity index (χ0n) is 18.6. The second-order valence-electron chi connectivity index (χ2n) is 8.12. The second kappa shape index (κ2) is 9.81. The average molecular weight is 538 g/mol. The molecule has 0 unspecified atom stereocenters. The zero-order chi connectivity index (χ0) is 25.4. The number of amides is 2. The molecule has 1 aliphatic heterocycles. The van der Waals surface area contributed by atoms with Crippen molar-refractivity contribution in [3.63, 3.8) is 0 Å². The zero-order valence-corrected chi connectivity index (χ0v) is 20.9. The van der Waals surface area contributed by atoms with E-state index in [1.165, 1.54) is 12.1 Å². The molecule has 36 heavy (non-hydrogen) atoms. The van der Waals surface area contributed by atoms with Gasteiger partial charge in [0.05, 0.1) is 22.9 Å². The molecule has 1 fully saturated rings. The highest BCUT2D eigenvalue weighted by Crippen LogP contribution is 2.36. The number of nitro groups is 1. The first-order chi connectivity index (χ1) is 17.3. The molecule has 1 aromatic heterocycles. The number of fused-ring (bicyclic) bond motifs is 1. The fraction of sp³-hybridized carbons (Fsp3) is 0.0769. The number of thioether (sulfide) groups is 1. The van der Waals surface area contributed by atoms with Gasteiger partial charge in [-0.05, 0) is 41.6 Å². The molecule has 5 rings (SSSR count). The van der Waals surface area contributed by atoms with Crippen LogP contribution in [0.3, 0.4) is 0 Å². The number of carbonyl (C=O) groups is 2. The van der Waals surface area contributed by atoms with E-state index < -0.39 is 16.1 Å². The lowest BCUT2D eigenvalue weighted by Crippen LogP contribution is -2.27. The number of para-hydroxylation sites is 1. The summed E-state index contributed by atoms with van der Waals surface area (Å²) in [5.74, 6) is -0.408. The Morgan fingerprint density at radius 1 is 0.917 bits per heavy atom. The Morgan fingerprint density at radius 2 is 1.61 bits per heavy atom. The third-order valence-electron chi connectivity index (χ3n) is 5.86. The summed E-state index contributed by atoms with van der Waals surface area (Å²) in [6.07, 6.45) is 3.63. The van der Waals surface area contributed by atoms with Crippen LogP contribution in [0.15, 0.2) is 77.8 Å². The van der Waals surface area contributed by atoms with Crippen molar-refractivity contribution in [3.05, 3.63) is 115 Å². The highest BCUT2D eigenvalue weighted by atomic mass is 35.5. The standard InChI is InChI=1S/C26H17Cl2N3O4S/c27-21-5-3-6-22(28)20(21)15-29-14-17(19-4-1-2-7-23(19)29)12-24-25(32)30(26(33)36-24)13-16-8-10-18(11-9-16)31(34)35/h1-12,14H,13,15H2. The van der Waals surface area contributed by atoms with E-state index >= 15 is 0 Å². The van der Waals surface area contributed by atoms with E-state index in [-0.39, 0.29) is 12.2 Å². The molecular weight excluding hydrogens is 521 g/mol. The van der Waals surface area contributed by atoms with Gasteiger partial charge in [0.1, 0.15) is 0 Å². The Morgan fingerprint density at radius 3 is 2.31 bits per heavy atom. The van der Waals surface area contributed by atoms with Crippen LogP contribution in [-0.4, -0.2) is 25.5 Å². The van der Waals surface area contributed by atoms with Gasteiger partial charge in [-0.3, -0.25) is 24.6 Å². The second-order valence-corrected chi connectivity index (χ2v) is 9.93. The molecule has 1 aliphatic rings. The van der Waals surface area contributed by atoms with Gasteiger partial charge in [0.25, 0.3) is 16.8 Å². The predicted octanol–water partition coefficient (Wildman–Crippen LogP) is 7.14. The van der Waals surface area contributed by atoms with Gasteiger partial charge >= 0.3 is 0 Å². The highest BCUT2D eigenvalue weighted by Gasteiger charge is 2.35. The molecule has 7 nitrogen and oxygen atoms in total. The summed E-state index contributed by atoms with van der Waals surface area (Å²) in [6.45, 7) is 0.473. The van der Waals surface area contributed by atoms with Crippen molar-refractivity contribution in [2.24, 2.45) is 0 Å². The number of hydrogen-bond acceptors (Lipinski definition) is 5. The first-order valence-corrected chi connectivity index (χ1v) is 12.4. The Balaban J connectivity index is 1.44. The molecular formula is C26H17Cl2N3O4S. The van der Waals surface area contributed by atoms with Gasteiger partial charge in [-0.25, -0.2) is 0 Å². The van der Waals surface area contributed by atoms with Crippen LogP contribution in [0.5, 0.6) is 0 Å². The van der Waals surface area contributed by atoms with Crippen LogP contribution >= 0.6 is 35.0 Å². The largest absolute Gasteiger partial charge is 0.342 e. The molecule has 0 spiro atoms. The molecule has 4 aromatic rings. The van der Waals surface area contributed by atoms with Crippen LogP contribution in [0, 0.1) is 10.1 Å². The molecule has 0 radical (unpaired) electrons. The van der Waals surface area contributed by atoms with Gasteiger partial charge < -0.3 is 4.57 Å². The van der Waals surface area contributed by atoms with Crippen molar-refractivity contribution in [3.8, 4) is 0 Å². The minimum absolute atomic E-state index is 0.0345. The van der Waals surface area contributed by atoms with Crippen LogP contribution in [0.25, 0.3) is 17.0 Å². The lowest BCUT2D eigenvalue weighted by molar-refractivity contribution is -0.384. The number of non-ortho nitro benzene ring substituents is 1. The van der Waals surface area contributed by atoms with Gasteiger partial charge in [-0.15, -0.1) is 0 Å². The molecule has 2 amide bonds. The summed E-state index contributed by atoms with van der Waals surface area (Å²) in [4.78, 5) is 37.5. The quantitative estimate of drug-likeness (QED) is 0.148. The van der Waals surface area contributed by atoms with Crippen molar-refractivity contribution >= 4 is 68.8 Å². The lowest BCUT2D eigenvalue weighted by Gasteiger charge is -2.12. The number of benzene rings is 3. The minimum Gasteiger partial charge on any atom is -0.342 e. The van der Waals surface area contributed by atoms with Crippen LogP contribution < -0.4 is 0 Å². The van der Waals surface area contributed by atoms with Crippen molar-refractivity contribution < 1.29 is 14.5 Å². The molecule has 0 N–H and O–H groups in total. The average Bonchev–Trinajstić information content (AvgIpc) is 3.34. The molecule has 1 saturated heterocycles. The molecule has 3 aromatic carbocycles. The monoisotopic (exact) mass is 537 g/mol. The minimum atomic E-state index is -0.497. The SMILES string of the molecule is O=C1SC(=Cc2cn(Cc3c(Cl)cccc3Cl)c3ccccc23)C(=O)N1Cc1ccc([N+](=O)[O-])cc1. The van der Waals surface area contributed by atoms with E-state index in [0.29, 0.717) is 27.1 Å². The highest BCUT2D eigenvalue weighted by molar-refractivity contribution is 8.18. The molecule has 0 aliphatic carbocycles. The molecule has 0 saturated carbocycles. The third-order valence-corrected chi connectivity index (χ3v) is 7.47. The summed E-state index contributed by atoms with van der Waals surface area (Å²) in [5.41, 5.74) is 3.08.